The minimum atomic E-state index is -0.530. The van der Waals surface area contributed by atoms with Gasteiger partial charge in [-0.15, -0.1) is 0 Å². The topological polar surface area (TPSA) is 61.8 Å². The Hall–Kier alpha value is -1.88. The quantitative estimate of drug-likeness (QED) is 0.799. The van der Waals surface area contributed by atoms with E-state index in [-0.39, 0.29) is 42.4 Å². The van der Waals surface area contributed by atoms with Crippen LogP contribution in [-0.4, -0.2) is 24.8 Å². The first-order chi connectivity index (χ1) is 10.6. The second-order valence-electron chi connectivity index (χ2n) is 6.37. The average molecular weight is 302 g/mol. The first-order valence-corrected chi connectivity index (χ1v) is 7.74. The van der Waals surface area contributed by atoms with Gasteiger partial charge in [-0.1, -0.05) is 31.2 Å². The van der Waals surface area contributed by atoms with E-state index in [1.807, 2.05) is 25.1 Å². The molecule has 1 aliphatic carbocycles. The maximum atomic E-state index is 12.1. The Morgan fingerprint density at radius 3 is 2.77 bits per heavy atom. The van der Waals surface area contributed by atoms with E-state index >= 15 is 0 Å². The van der Waals surface area contributed by atoms with Crippen molar-refractivity contribution in [2.24, 2.45) is 17.8 Å². The number of fused-ring (bicyclic) bond motifs is 3. The highest BCUT2D eigenvalue weighted by Crippen LogP contribution is 2.48. The van der Waals surface area contributed by atoms with Crippen molar-refractivity contribution in [1.29, 1.82) is 0 Å². The van der Waals surface area contributed by atoms with Gasteiger partial charge in [0.2, 0.25) is 6.29 Å². The molecule has 22 heavy (non-hydrogen) atoms. The molecular weight excluding hydrogens is 284 g/mol. The van der Waals surface area contributed by atoms with Crippen LogP contribution in [0.3, 0.4) is 0 Å². The van der Waals surface area contributed by atoms with Gasteiger partial charge in [0.25, 0.3) is 0 Å². The molecule has 3 aliphatic rings. The van der Waals surface area contributed by atoms with Crippen molar-refractivity contribution in [1.82, 2.24) is 0 Å². The van der Waals surface area contributed by atoms with Crippen LogP contribution in [0.1, 0.15) is 30.6 Å². The Bertz CT molecular complexity index is 625. The molecule has 0 aromatic heterocycles. The number of benzene rings is 1. The first-order valence-electron chi connectivity index (χ1n) is 7.74. The van der Waals surface area contributed by atoms with Gasteiger partial charge in [-0.2, -0.15) is 0 Å². The molecule has 0 bridgehead atoms. The second kappa shape index (κ2) is 5.09. The highest BCUT2D eigenvalue weighted by atomic mass is 16.7. The van der Waals surface area contributed by atoms with Crippen LogP contribution < -0.4 is 0 Å². The van der Waals surface area contributed by atoms with E-state index in [9.17, 15) is 9.59 Å². The molecule has 0 N–H and O–H groups in total. The minimum absolute atomic E-state index is 0.124. The number of hydrogen-bond acceptors (Lipinski definition) is 5. The van der Waals surface area contributed by atoms with Crippen LogP contribution in [0, 0.1) is 17.8 Å². The monoisotopic (exact) mass is 302 g/mol. The number of rotatable bonds is 3. The van der Waals surface area contributed by atoms with Gasteiger partial charge in [-0.3, -0.25) is 9.59 Å². The van der Waals surface area contributed by atoms with Crippen LogP contribution in [0.15, 0.2) is 24.3 Å². The molecule has 5 atom stereocenters. The highest BCUT2D eigenvalue weighted by molar-refractivity contribution is 5.76. The molecule has 1 unspecified atom stereocenters. The molecule has 4 rings (SSSR count). The molecule has 0 radical (unpaired) electrons. The van der Waals surface area contributed by atoms with Crippen LogP contribution in [0.5, 0.6) is 0 Å². The lowest BCUT2D eigenvalue weighted by atomic mass is 9.91. The minimum Gasteiger partial charge on any atom is -0.457 e. The van der Waals surface area contributed by atoms with Gasteiger partial charge in [-0.05, 0) is 17.5 Å². The molecule has 2 heterocycles. The summed E-state index contributed by atoms with van der Waals surface area (Å²) in [7, 11) is 0. The predicted molar refractivity (Wildman–Crippen MR) is 75.6 cm³/mol. The van der Waals surface area contributed by atoms with Crippen molar-refractivity contribution >= 4 is 11.9 Å². The summed E-state index contributed by atoms with van der Waals surface area (Å²) in [5.74, 6) is -0.734. The lowest BCUT2D eigenvalue weighted by Gasteiger charge is -2.16. The van der Waals surface area contributed by atoms with Gasteiger partial charge in [-0.25, -0.2) is 0 Å². The largest absolute Gasteiger partial charge is 0.457 e. The summed E-state index contributed by atoms with van der Waals surface area (Å²) in [5.41, 5.74) is 2.36. The van der Waals surface area contributed by atoms with Crippen LogP contribution in [0.25, 0.3) is 0 Å². The normalized spacial score (nSPS) is 36.0. The molecule has 0 amide bonds. The van der Waals surface area contributed by atoms with Crippen LogP contribution in [-0.2, 0) is 30.2 Å². The fourth-order valence-corrected chi connectivity index (χ4v) is 3.66. The zero-order valence-corrected chi connectivity index (χ0v) is 12.4. The van der Waals surface area contributed by atoms with E-state index in [4.69, 9.17) is 14.2 Å². The molecular formula is C17H18O5. The number of cyclic esters (lactones) is 1. The van der Waals surface area contributed by atoms with Crippen molar-refractivity contribution in [2.75, 3.05) is 6.61 Å². The lowest BCUT2D eigenvalue weighted by Crippen LogP contribution is -2.25. The zero-order valence-electron chi connectivity index (χ0n) is 12.4. The average Bonchev–Trinajstić information content (AvgIpc) is 3.10. The van der Waals surface area contributed by atoms with E-state index < -0.39 is 6.29 Å². The van der Waals surface area contributed by atoms with Gasteiger partial charge < -0.3 is 14.2 Å². The molecule has 2 aliphatic heterocycles. The number of hydrogen-bond donors (Lipinski definition) is 0. The number of esters is 2. The molecule has 0 spiro atoms. The van der Waals surface area contributed by atoms with E-state index in [0.29, 0.717) is 6.42 Å². The third-order valence-corrected chi connectivity index (χ3v) is 4.93. The zero-order chi connectivity index (χ0) is 15.3. The molecule has 5 heteroatoms. The van der Waals surface area contributed by atoms with E-state index in [0.717, 1.165) is 12.0 Å². The maximum Gasteiger partial charge on any atom is 0.312 e. The highest BCUT2D eigenvalue weighted by Gasteiger charge is 2.50. The Kier molecular flexibility index (Phi) is 3.18. The fraction of sp³-hybridized carbons (Fsp3) is 0.529. The molecule has 2 fully saturated rings. The summed E-state index contributed by atoms with van der Waals surface area (Å²) in [6.07, 6.45) is 0.705. The SMILES string of the molecule is CC1C[C@H](OC[C@@H]2C(=O)O[C@@H]3c4ccccc4C[C@H]23)OC1=O. The standard InChI is InChI=1S/C17H18O5/c1-9-6-14(21-16(9)18)20-8-13-12-7-10-4-2-3-5-11(10)15(12)22-17(13)19/h2-5,9,12-15H,6-8H2,1H3/t9?,12-,13+,14-,15-/m1/s1. The molecule has 1 aromatic rings. The van der Waals surface area contributed by atoms with Crippen LogP contribution >= 0.6 is 0 Å². The van der Waals surface area contributed by atoms with Gasteiger partial charge in [0.1, 0.15) is 6.10 Å². The van der Waals surface area contributed by atoms with Crippen LogP contribution in [0.4, 0.5) is 0 Å². The third-order valence-electron chi connectivity index (χ3n) is 4.93. The molecule has 1 aromatic carbocycles. The smallest absolute Gasteiger partial charge is 0.312 e. The van der Waals surface area contributed by atoms with Gasteiger partial charge in [0, 0.05) is 12.3 Å². The van der Waals surface area contributed by atoms with E-state index in [1.54, 1.807) is 0 Å². The first kappa shape index (κ1) is 13.8. The van der Waals surface area contributed by atoms with Crippen molar-refractivity contribution in [3.63, 3.8) is 0 Å². The number of carbonyl (C=O) groups excluding carboxylic acids is 2. The van der Waals surface area contributed by atoms with Crippen molar-refractivity contribution in [3.05, 3.63) is 35.4 Å². The Morgan fingerprint density at radius 2 is 2.00 bits per heavy atom. The van der Waals surface area contributed by atoms with Crippen molar-refractivity contribution < 1.29 is 23.8 Å². The summed E-state index contributed by atoms with van der Waals surface area (Å²) in [6.45, 7) is 2.07. The second-order valence-corrected chi connectivity index (χ2v) is 6.37. The Balaban J connectivity index is 1.43. The lowest BCUT2D eigenvalue weighted by molar-refractivity contribution is -0.167. The number of carbonyl (C=O) groups is 2. The summed E-state index contributed by atoms with van der Waals surface area (Å²) < 4.78 is 16.3. The van der Waals surface area contributed by atoms with Crippen molar-refractivity contribution in [2.45, 2.75) is 32.2 Å². The van der Waals surface area contributed by atoms with E-state index in [2.05, 4.69) is 6.07 Å². The summed E-state index contributed by atoms with van der Waals surface area (Å²) in [6, 6.07) is 8.08. The van der Waals surface area contributed by atoms with Crippen molar-refractivity contribution in [3.8, 4) is 0 Å². The van der Waals surface area contributed by atoms with Gasteiger partial charge >= 0.3 is 11.9 Å². The Morgan fingerprint density at radius 1 is 1.18 bits per heavy atom. The fourth-order valence-electron chi connectivity index (χ4n) is 3.66. The van der Waals surface area contributed by atoms with Gasteiger partial charge in [0.15, 0.2) is 0 Å². The summed E-state index contributed by atoms with van der Waals surface area (Å²) in [4.78, 5) is 23.5. The van der Waals surface area contributed by atoms with E-state index in [1.165, 1.54) is 5.56 Å². The number of ether oxygens (including phenoxy) is 3. The predicted octanol–water partition coefficient (Wildman–Crippen LogP) is 2.00. The Labute approximate surface area is 128 Å². The van der Waals surface area contributed by atoms with Crippen LogP contribution in [0.2, 0.25) is 0 Å². The van der Waals surface area contributed by atoms with Gasteiger partial charge in [0.05, 0.1) is 18.4 Å². The summed E-state index contributed by atoms with van der Waals surface area (Å²) >= 11 is 0. The summed E-state index contributed by atoms with van der Waals surface area (Å²) in [5, 5.41) is 0. The third kappa shape index (κ3) is 2.11. The maximum absolute atomic E-state index is 12.1. The molecule has 5 nitrogen and oxygen atoms in total. The molecule has 0 saturated carbocycles. The molecule has 116 valence electrons. The molecule has 2 saturated heterocycles.